The Morgan fingerprint density at radius 2 is 2.18 bits per heavy atom. The Morgan fingerprint density at radius 1 is 1.55 bits per heavy atom. The first-order chi connectivity index (χ1) is 5.16. The van der Waals surface area contributed by atoms with Crippen LogP contribution in [-0.2, 0) is 0 Å². The molecule has 0 saturated heterocycles. The molecule has 0 fully saturated rings. The Hall–Kier alpha value is -0.770. The maximum Gasteiger partial charge on any atom is 0.185 e. The van der Waals surface area contributed by atoms with E-state index >= 15 is 0 Å². The Bertz CT molecular complexity index is 121. The van der Waals surface area contributed by atoms with Gasteiger partial charge in [-0.2, -0.15) is 0 Å². The van der Waals surface area contributed by atoms with Crippen LogP contribution in [0, 0.1) is 5.92 Å². The number of aliphatic hydroxyl groups is 1. The number of hydrogen-bond acceptors (Lipinski definition) is 2. The van der Waals surface area contributed by atoms with E-state index in [0.717, 1.165) is 12.8 Å². The summed E-state index contributed by atoms with van der Waals surface area (Å²) in [5.41, 5.74) is 10.3. The van der Waals surface area contributed by atoms with Gasteiger partial charge < -0.3 is 16.6 Å². The van der Waals surface area contributed by atoms with Crippen LogP contribution in [0.2, 0.25) is 0 Å². The molecule has 0 aromatic carbocycles. The van der Waals surface area contributed by atoms with E-state index in [4.69, 9.17) is 16.6 Å². The smallest absolute Gasteiger partial charge is 0.185 e. The topological polar surface area (TPSA) is 84.6 Å². The lowest BCUT2D eigenvalue weighted by Crippen LogP contribution is -2.23. The van der Waals surface area contributed by atoms with Crippen LogP contribution in [0.15, 0.2) is 4.99 Å². The maximum atomic E-state index is 8.51. The van der Waals surface area contributed by atoms with E-state index < -0.39 is 0 Å². The Kier molecular flexibility index (Phi) is 5.56. The van der Waals surface area contributed by atoms with Gasteiger partial charge in [-0.25, -0.2) is 0 Å². The van der Waals surface area contributed by atoms with Crippen molar-refractivity contribution in [2.24, 2.45) is 22.4 Å². The zero-order chi connectivity index (χ0) is 8.69. The molecule has 0 rings (SSSR count). The second-order valence-corrected chi connectivity index (χ2v) is 2.74. The molecule has 11 heavy (non-hydrogen) atoms. The van der Waals surface area contributed by atoms with Gasteiger partial charge in [0.05, 0.1) is 0 Å². The summed E-state index contributed by atoms with van der Waals surface area (Å²) in [6.45, 7) is 2.95. The van der Waals surface area contributed by atoms with Crippen molar-refractivity contribution in [1.29, 1.82) is 0 Å². The van der Waals surface area contributed by atoms with E-state index in [1.54, 1.807) is 0 Å². The fourth-order valence-corrected chi connectivity index (χ4v) is 0.792. The van der Waals surface area contributed by atoms with Gasteiger partial charge in [0.1, 0.15) is 0 Å². The van der Waals surface area contributed by atoms with E-state index in [9.17, 15) is 0 Å². The first-order valence-electron chi connectivity index (χ1n) is 3.83. The van der Waals surface area contributed by atoms with Crippen molar-refractivity contribution in [2.75, 3.05) is 13.2 Å². The maximum absolute atomic E-state index is 8.51. The molecule has 0 heterocycles. The molecular weight excluding hydrogens is 142 g/mol. The highest BCUT2D eigenvalue weighted by atomic mass is 16.2. The van der Waals surface area contributed by atoms with E-state index in [0.29, 0.717) is 12.5 Å². The van der Waals surface area contributed by atoms with E-state index in [1.807, 2.05) is 0 Å². The first kappa shape index (κ1) is 10.2. The van der Waals surface area contributed by atoms with Crippen LogP contribution >= 0.6 is 0 Å². The number of hydrogen-bond donors (Lipinski definition) is 3. The highest BCUT2D eigenvalue weighted by molar-refractivity contribution is 5.75. The molecule has 0 spiro atoms. The summed E-state index contributed by atoms with van der Waals surface area (Å²) >= 11 is 0. The van der Waals surface area contributed by atoms with Crippen molar-refractivity contribution in [1.82, 2.24) is 0 Å². The van der Waals surface area contributed by atoms with E-state index in [1.165, 1.54) is 0 Å². The van der Waals surface area contributed by atoms with Gasteiger partial charge in [0.15, 0.2) is 5.96 Å². The van der Waals surface area contributed by atoms with Gasteiger partial charge in [-0.1, -0.05) is 6.92 Å². The van der Waals surface area contributed by atoms with Crippen molar-refractivity contribution < 1.29 is 5.11 Å². The lowest BCUT2D eigenvalue weighted by atomic mass is 10.1. The summed E-state index contributed by atoms with van der Waals surface area (Å²) in [5, 5.41) is 8.51. The van der Waals surface area contributed by atoms with Gasteiger partial charge in [0.2, 0.25) is 0 Å². The van der Waals surface area contributed by atoms with Gasteiger partial charge in [-0.05, 0) is 18.8 Å². The summed E-state index contributed by atoms with van der Waals surface area (Å²) in [4.78, 5) is 3.87. The van der Waals surface area contributed by atoms with Gasteiger partial charge in [0.25, 0.3) is 0 Å². The average molecular weight is 159 g/mol. The zero-order valence-electron chi connectivity index (χ0n) is 6.95. The van der Waals surface area contributed by atoms with Gasteiger partial charge in [-0.15, -0.1) is 0 Å². The summed E-state index contributed by atoms with van der Waals surface area (Å²) < 4.78 is 0. The van der Waals surface area contributed by atoms with Crippen molar-refractivity contribution in [3.63, 3.8) is 0 Å². The van der Waals surface area contributed by atoms with Crippen LogP contribution < -0.4 is 11.5 Å². The molecule has 66 valence electrons. The average Bonchev–Trinajstić information content (AvgIpc) is 1.97. The van der Waals surface area contributed by atoms with Gasteiger partial charge in [-0.3, -0.25) is 4.99 Å². The summed E-state index contributed by atoms with van der Waals surface area (Å²) in [6, 6.07) is 0. The van der Waals surface area contributed by atoms with Crippen LogP contribution in [0.25, 0.3) is 0 Å². The predicted octanol–water partition coefficient (Wildman–Crippen LogP) is -0.332. The fourth-order valence-electron chi connectivity index (χ4n) is 0.792. The molecule has 4 nitrogen and oxygen atoms in total. The summed E-state index contributed by atoms with van der Waals surface area (Å²) in [7, 11) is 0. The Labute approximate surface area is 67.3 Å². The quantitative estimate of drug-likeness (QED) is 0.379. The molecule has 0 radical (unpaired) electrons. The molecule has 1 atom stereocenters. The molecule has 5 N–H and O–H groups in total. The molecule has 4 heteroatoms. The third-order valence-electron chi connectivity index (χ3n) is 1.44. The number of guanidine groups is 1. The van der Waals surface area contributed by atoms with Crippen molar-refractivity contribution in [3.8, 4) is 0 Å². The highest BCUT2D eigenvalue weighted by Gasteiger charge is 1.99. The van der Waals surface area contributed by atoms with Gasteiger partial charge >= 0.3 is 0 Å². The molecule has 0 amide bonds. The van der Waals surface area contributed by atoms with Crippen LogP contribution in [0.1, 0.15) is 19.8 Å². The molecule has 0 aromatic rings. The molecular formula is C7H17N3O. The lowest BCUT2D eigenvalue weighted by molar-refractivity contribution is 0.274. The summed E-state index contributed by atoms with van der Waals surface area (Å²) in [5.74, 6) is 0.588. The van der Waals surface area contributed by atoms with Crippen LogP contribution in [0.5, 0.6) is 0 Å². The Morgan fingerprint density at radius 3 is 2.64 bits per heavy atom. The van der Waals surface area contributed by atoms with Crippen LogP contribution in [-0.4, -0.2) is 24.2 Å². The second kappa shape index (κ2) is 5.97. The summed E-state index contributed by atoms with van der Waals surface area (Å²) in [6.07, 6.45) is 1.79. The molecule has 0 aliphatic heterocycles. The molecule has 0 aliphatic carbocycles. The fraction of sp³-hybridized carbons (Fsp3) is 0.857. The largest absolute Gasteiger partial charge is 0.396 e. The Balaban J connectivity index is 3.36. The zero-order valence-corrected chi connectivity index (χ0v) is 6.95. The van der Waals surface area contributed by atoms with E-state index in [2.05, 4.69) is 11.9 Å². The van der Waals surface area contributed by atoms with Gasteiger partial charge in [0, 0.05) is 13.2 Å². The number of aliphatic hydroxyl groups excluding tert-OH is 1. The van der Waals surface area contributed by atoms with Crippen molar-refractivity contribution >= 4 is 5.96 Å². The van der Waals surface area contributed by atoms with Crippen LogP contribution in [0.3, 0.4) is 0 Å². The number of aliphatic imine (C=N–C) groups is 1. The SMILES string of the molecule is CC(CCCO)CN=C(N)N. The first-order valence-corrected chi connectivity index (χ1v) is 3.83. The number of nitrogens with two attached hydrogens (primary N) is 2. The number of rotatable bonds is 5. The monoisotopic (exact) mass is 159 g/mol. The van der Waals surface area contributed by atoms with Crippen LogP contribution in [0.4, 0.5) is 0 Å². The van der Waals surface area contributed by atoms with E-state index in [-0.39, 0.29) is 12.6 Å². The highest BCUT2D eigenvalue weighted by Crippen LogP contribution is 2.04. The molecule has 0 aromatic heterocycles. The minimum atomic E-state index is 0.140. The second-order valence-electron chi connectivity index (χ2n) is 2.74. The third kappa shape index (κ3) is 7.12. The minimum Gasteiger partial charge on any atom is -0.396 e. The normalized spacial score (nSPS) is 12.5. The predicted molar refractivity (Wildman–Crippen MR) is 46.2 cm³/mol. The standard InChI is InChI=1S/C7H17N3O/c1-6(3-2-4-11)5-10-7(8)9/h6,11H,2-5H2,1H3,(H4,8,9,10). The molecule has 0 aliphatic rings. The lowest BCUT2D eigenvalue weighted by Gasteiger charge is -2.05. The molecule has 0 saturated carbocycles. The molecule has 0 bridgehead atoms. The minimum absolute atomic E-state index is 0.140. The third-order valence-corrected chi connectivity index (χ3v) is 1.44. The van der Waals surface area contributed by atoms with Crippen molar-refractivity contribution in [2.45, 2.75) is 19.8 Å². The number of nitrogens with zero attached hydrogens (tertiary/aromatic N) is 1. The molecule has 1 unspecified atom stereocenters. The van der Waals surface area contributed by atoms with Crippen molar-refractivity contribution in [3.05, 3.63) is 0 Å².